The van der Waals surface area contributed by atoms with Gasteiger partial charge in [-0.15, -0.1) is 11.3 Å². The van der Waals surface area contributed by atoms with Crippen LogP contribution in [0.2, 0.25) is 0 Å². The maximum atomic E-state index is 5.49. The van der Waals surface area contributed by atoms with E-state index in [1.165, 1.54) is 0 Å². The molecule has 2 atom stereocenters. The van der Waals surface area contributed by atoms with Crippen molar-refractivity contribution < 1.29 is 9.47 Å². The first kappa shape index (κ1) is 17.4. The Morgan fingerprint density at radius 1 is 1.31 bits per heavy atom. The van der Waals surface area contributed by atoms with E-state index in [1.807, 2.05) is 10.8 Å². The summed E-state index contributed by atoms with van der Waals surface area (Å²) in [7, 11) is 3.48. The predicted octanol–water partition coefficient (Wildman–Crippen LogP) is 3.18. The Kier molecular flexibility index (Phi) is 5.14. The lowest BCUT2D eigenvalue weighted by molar-refractivity contribution is 0.108. The molecule has 1 fully saturated rings. The fraction of sp³-hybridized carbons (Fsp3) is 0.500. The van der Waals surface area contributed by atoms with Gasteiger partial charge in [-0.25, -0.2) is 15.0 Å². The summed E-state index contributed by atoms with van der Waals surface area (Å²) in [6.07, 6.45) is 7.22. The summed E-state index contributed by atoms with van der Waals surface area (Å²) in [5.41, 5.74) is 0. The molecule has 0 aromatic carbocycles. The van der Waals surface area contributed by atoms with Gasteiger partial charge >= 0.3 is 0 Å². The molecule has 1 aliphatic rings. The molecule has 1 N–H and O–H groups in total. The number of imidazole rings is 1. The molecule has 138 valence electrons. The minimum atomic E-state index is 0.333. The number of aromatic nitrogens is 4. The zero-order valence-corrected chi connectivity index (χ0v) is 15.8. The topological polar surface area (TPSA) is 74.1 Å². The summed E-state index contributed by atoms with van der Waals surface area (Å²) in [6.45, 7) is 1.34. The average Bonchev–Trinajstić information content (AvgIpc) is 3.39. The van der Waals surface area contributed by atoms with Gasteiger partial charge in [0.1, 0.15) is 10.6 Å². The quantitative estimate of drug-likeness (QED) is 0.686. The van der Waals surface area contributed by atoms with Crippen molar-refractivity contribution in [2.24, 2.45) is 0 Å². The Morgan fingerprint density at radius 3 is 3.04 bits per heavy atom. The van der Waals surface area contributed by atoms with Crippen LogP contribution in [0.25, 0.3) is 21.9 Å². The maximum absolute atomic E-state index is 5.49. The molecule has 0 saturated heterocycles. The van der Waals surface area contributed by atoms with Gasteiger partial charge in [0, 0.05) is 39.2 Å². The number of anilines is 1. The fourth-order valence-corrected chi connectivity index (χ4v) is 4.19. The second-order valence-corrected chi connectivity index (χ2v) is 7.38. The summed E-state index contributed by atoms with van der Waals surface area (Å²) in [5.74, 6) is 2.29. The van der Waals surface area contributed by atoms with Crippen molar-refractivity contribution in [3.63, 3.8) is 0 Å². The normalized spacial score (nSPS) is 20.1. The molecule has 26 heavy (non-hydrogen) atoms. The van der Waals surface area contributed by atoms with Gasteiger partial charge in [0.05, 0.1) is 18.1 Å². The minimum absolute atomic E-state index is 0.333. The van der Waals surface area contributed by atoms with Crippen LogP contribution in [0.1, 0.15) is 19.3 Å². The highest BCUT2D eigenvalue weighted by Crippen LogP contribution is 2.31. The molecular weight excluding hydrogens is 350 g/mol. The largest absolute Gasteiger partial charge is 0.383 e. The third-order valence-corrected chi connectivity index (χ3v) is 5.64. The lowest BCUT2D eigenvalue weighted by atomic mass is 10.2. The first-order chi connectivity index (χ1) is 12.8. The first-order valence-electron chi connectivity index (χ1n) is 8.83. The monoisotopic (exact) mass is 373 g/mol. The summed E-state index contributed by atoms with van der Waals surface area (Å²) < 4.78 is 12.7. The second-order valence-electron chi connectivity index (χ2n) is 6.48. The van der Waals surface area contributed by atoms with Crippen LogP contribution < -0.4 is 5.32 Å². The van der Waals surface area contributed by atoms with Crippen LogP contribution in [0.15, 0.2) is 23.8 Å². The number of ether oxygens (including phenoxy) is 2. The summed E-state index contributed by atoms with van der Waals surface area (Å²) in [6, 6.07) is 2.45. The van der Waals surface area contributed by atoms with Crippen molar-refractivity contribution >= 4 is 27.4 Å². The lowest BCUT2D eigenvalue weighted by Gasteiger charge is -2.15. The molecule has 0 radical (unpaired) electrons. The van der Waals surface area contributed by atoms with Crippen LogP contribution in [0.4, 0.5) is 5.82 Å². The third-order valence-electron chi connectivity index (χ3n) is 4.84. The van der Waals surface area contributed by atoms with E-state index in [-0.39, 0.29) is 0 Å². The summed E-state index contributed by atoms with van der Waals surface area (Å²) in [5, 5.41) is 6.73. The predicted molar refractivity (Wildman–Crippen MR) is 103 cm³/mol. The van der Waals surface area contributed by atoms with E-state index in [0.717, 1.165) is 47.7 Å². The van der Waals surface area contributed by atoms with E-state index < -0.39 is 0 Å². The Morgan fingerprint density at radius 2 is 2.23 bits per heavy atom. The van der Waals surface area contributed by atoms with Gasteiger partial charge in [-0.2, -0.15) is 0 Å². The molecule has 0 bridgehead atoms. The van der Waals surface area contributed by atoms with Crippen molar-refractivity contribution in [1.82, 2.24) is 19.5 Å². The standard InChI is InChI=1S/C18H23N5O2S/c1-24-9-8-23-7-6-19-17(23)16-21-15(14-5-10-26-18(14)22-16)20-12-3-4-13(11-12)25-2/h5-7,10,12-13H,3-4,8-9,11H2,1-2H3,(H,20,21,22)/t12-,13+/m1/s1. The number of fused-ring (bicyclic) bond motifs is 1. The number of hydrogen-bond acceptors (Lipinski definition) is 7. The fourth-order valence-electron chi connectivity index (χ4n) is 3.43. The van der Waals surface area contributed by atoms with E-state index in [2.05, 4.69) is 21.7 Å². The van der Waals surface area contributed by atoms with Gasteiger partial charge < -0.3 is 19.4 Å². The molecule has 3 aromatic rings. The number of hydrogen-bond donors (Lipinski definition) is 1. The molecule has 4 rings (SSSR count). The molecule has 0 amide bonds. The molecule has 0 aliphatic heterocycles. The van der Waals surface area contributed by atoms with Gasteiger partial charge in [-0.1, -0.05) is 0 Å². The van der Waals surface area contributed by atoms with Crippen LogP contribution in [-0.4, -0.2) is 52.5 Å². The Labute approximate surface area is 156 Å². The number of methoxy groups -OCH3 is 2. The Balaban J connectivity index is 1.66. The molecule has 0 unspecified atom stereocenters. The highest BCUT2D eigenvalue weighted by atomic mass is 32.1. The minimum Gasteiger partial charge on any atom is -0.383 e. The van der Waals surface area contributed by atoms with Crippen LogP contribution >= 0.6 is 11.3 Å². The SMILES string of the molecule is COCCn1ccnc1-c1nc(N[C@@H]2CC[C@H](OC)C2)c2ccsc2n1. The highest BCUT2D eigenvalue weighted by molar-refractivity contribution is 7.16. The molecule has 1 aliphatic carbocycles. The van der Waals surface area contributed by atoms with Gasteiger partial charge in [0.2, 0.25) is 0 Å². The van der Waals surface area contributed by atoms with E-state index in [1.54, 1.807) is 31.8 Å². The van der Waals surface area contributed by atoms with Crippen molar-refractivity contribution in [3.8, 4) is 11.6 Å². The molecule has 0 spiro atoms. The summed E-state index contributed by atoms with van der Waals surface area (Å²) >= 11 is 1.62. The molecule has 3 heterocycles. The smallest absolute Gasteiger partial charge is 0.199 e. The second kappa shape index (κ2) is 7.69. The molecule has 3 aromatic heterocycles. The van der Waals surface area contributed by atoms with Crippen LogP contribution in [-0.2, 0) is 16.0 Å². The number of nitrogens with one attached hydrogen (secondary N) is 1. The number of thiophene rings is 1. The zero-order chi connectivity index (χ0) is 17.9. The van der Waals surface area contributed by atoms with Crippen molar-refractivity contribution in [2.45, 2.75) is 38.0 Å². The Bertz CT molecular complexity index is 877. The molecule has 7 nitrogen and oxygen atoms in total. The van der Waals surface area contributed by atoms with Gasteiger partial charge in [0.15, 0.2) is 11.6 Å². The number of rotatable bonds is 7. The van der Waals surface area contributed by atoms with E-state index in [4.69, 9.17) is 19.4 Å². The van der Waals surface area contributed by atoms with E-state index >= 15 is 0 Å². The van der Waals surface area contributed by atoms with Gasteiger partial charge in [-0.05, 0) is 30.7 Å². The maximum Gasteiger partial charge on any atom is 0.199 e. The first-order valence-corrected chi connectivity index (χ1v) is 9.71. The molecular formula is C18H23N5O2S. The molecule has 1 saturated carbocycles. The van der Waals surface area contributed by atoms with Crippen molar-refractivity contribution in [3.05, 3.63) is 23.8 Å². The Hall–Kier alpha value is -2.03. The van der Waals surface area contributed by atoms with Gasteiger partial charge in [-0.3, -0.25) is 0 Å². The van der Waals surface area contributed by atoms with Crippen molar-refractivity contribution in [1.29, 1.82) is 0 Å². The van der Waals surface area contributed by atoms with Gasteiger partial charge in [0.25, 0.3) is 0 Å². The van der Waals surface area contributed by atoms with E-state index in [9.17, 15) is 0 Å². The zero-order valence-electron chi connectivity index (χ0n) is 15.0. The lowest BCUT2D eigenvalue weighted by Crippen LogP contribution is -2.18. The highest BCUT2D eigenvalue weighted by Gasteiger charge is 2.25. The van der Waals surface area contributed by atoms with Crippen LogP contribution in [0.5, 0.6) is 0 Å². The summed E-state index contributed by atoms with van der Waals surface area (Å²) in [4.78, 5) is 15.0. The van der Waals surface area contributed by atoms with Crippen LogP contribution in [0.3, 0.4) is 0 Å². The van der Waals surface area contributed by atoms with Crippen LogP contribution in [0, 0.1) is 0 Å². The van der Waals surface area contributed by atoms with Crippen molar-refractivity contribution in [2.75, 3.05) is 26.1 Å². The third kappa shape index (κ3) is 3.44. The average molecular weight is 373 g/mol. The van der Waals surface area contributed by atoms with E-state index in [0.29, 0.717) is 24.6 Å². The number of nitrogens with zero attached hydrogens (tertiary/aromatic N) is 4. The molecule has 8 heteroatoms.